The van der Waals surface area contributed by atoms with Crippen molar-refractivity contribution in [2.45, 2.75) is 0 Å². The molecule has 3 heteroatoms. The van der Waals surface area contributed by atoms with E-state index in [4.69, 9.17) is 5.11 Å². The Morgan fingerprint density at radius 2 is 2.00 bits per heavy atom. The molecule has 1 N–H and O–H groups in total. The molecule has 0 saturated carbocycles. The Hall–Kier alpha value is -1.90. The van der Waals surface area contributed by atoms with Crippen LogP contribution in [0.25, 0.3) is 5.57 Å². The summed E-state index contributed by atoms with van der Waals surface area (Å²) < 4.78 is 0. The minimum atomic E-state index is -0.962. The summed E-state index contributed by atoms with van der Waals surface area (Å²) in [6, 6.07) is 9.68. The average Bonchev–Trinajstić information content (AvgIpc) is 2.68. The van der Waals surface area contributed by atoms with Crippen LogP contribution < -0.4 is 0 Å². The number of aliphatic imine (C=N–C) groups is 1. The molecule has 14 heavy (non-hydrogen) atoms. The number of nitrogens with zero attached hydrogens (tertiary/aromatic N) is 1. The zero-order chi connectivity index (χ0) is 9.97. The third kappa shape index (κ3) is 1.57. The number of hydrogen-bond donors (Lipinski definition) is 1. The molecule has 0 atom stereocenters. The summed E-state index contributed by atoms with van der Waals surface area (Å²) in [7, 11) is 0. The highest BCUT2D eigenvalue weighted by Crippen LogP contribution is 2.18. The topological polar surface area (TPSA) is 49.7 Å². The van der Waals surface area contributed by atoms with Crippen LogP contribution in [-0.2, 0) is 4.79 Å². The van der Waals surface area contributed by atoms with E-state index in [-0.39, 0.29) is 5.71 Å². The third-order valence-corrected chi connectivity index (χ3v) is 2.09. The number of rotatable bonds is 2. The summed E-state index contributed by atoms with van der Waals surface area (Å²) in [6.45, 7) is 0.464. The number of carboxylic acid groups (broad SMARTS) is 1. The van der Waals surface area contributed by atoms with Crippen LogP contribution in [0.15, 0.2) is 41.4 Å². The smallest absolute Gasteiger partial charge is 0.354 e. The molecule has 0 fully saturated rings. The quantitative estimate of drug-likeness (QED) is 0.764. The Kier molecular flexibility index (Phi) is 2.14. The van der Waals surface area contributed by atoms with Crippen molar-refractivity contribution in [1.29, 1.82) is 0 Å². The van der Waals surface area contributed by atoms with Crippen molar-refractivity contribution in [2.24, 2.45) is 4.99 Å². The van der Waals surface area contributed by atoms with Gasteiger partial charge in [-0.3, -0.25) is 4.99 Å². The van der Waals surface area contributed by atoms with Gasteiger partial charge in [0.25, 0.3) is 0 Å². The fraction of sp³-hybridized carbons (Fsp3) is 0.0909. The minimum absolute atomic E-state index is 0.142. The first-order chi connectivity index (χ1) is 6.77. The van der Waals surface area contributed by atoms with Gasteiger partial charge in [0.15, 0.2) is 0 Å². The summed E-state index contributed by atoms with van der Waals surface area (Å²) >= 11 is 0. The number of carboxylic acids is 1. The molecule has 0 spiro atoms. The predicted octanol–water partition coefficient (Wildman–Crippen LogP) is 1.61. The molecular formula is C11H9NO2. The predicted molar refractivity (Wildman–Crippen MR) is 54.4 cm³/mol. The van der Waals surface area contributed by atoms with Crippen LogP contribution >= 0.6 is 0 Å². The van der Waals surface area contributed by atoms with E-state index in [1.165, 1.54) is 0 Å². The van der Waals surface area contributed by atoms with Crippen molar-refractivity contribution in [3.05, 3.63) is 42.0 Å². The molecule has 0 amide bonds. The molecule has 1 aromatic rings. The number of hydrogen-bond acceptors (Lipinski definition) is 2. The van der Waals surface area contributed by atoms with Crippen molar-refractivity contribution in [1.82, 2.24) is 0 Å². The van der Waals surface area contributed by atoms with Gasteiger partial charge in [0.05, 0.1) is 6.54 Å². The summed E-state index contributed by atoms with van der Waals surface area (Å²) in [6.07, 6.45) is 1.62. The van der Waals surface area contributed by atoms with Crippen molar-refractivity contribution < 1.29 is 9.90 Å². The number of aliphatic carboxylic acids is 1. The lowest BCUT2D eigenvalue weighted by atomic mass is 10.1. The normalized spacial score (nSPS) is 14.9. The van der Waals surface area contributed by atoms with E-state index in [2.05, 4.69) is 4.99 Å². The van der Waals surface area contributed by atoms with E-state index in [9.17, 15) is 4.79 Å². The highest BCUT2D eigenvalue weighted by molar-refractivity contribution is 6.42. The highest BCUT2D eigenvalue weighted by atomic mass is 16.4. The Balaban J connectivity index is 2.26. The van der Waals surface area contributed by atoms with Gasteiger partial charge in [-0.05, 0) is 17.2 Å². The van der Waals surface area contributed by atoms with Gasteiger partial charge >= 0.3 is 5.97 Å². The second-order valence-corrected chi connectivity index (χ2v) is 3.04. The van der Waals surface area contributed by atoms with Crippen molar-refractivity contribution in [2.75, 3.05) is 6.54 Å². The van der Waals surface area contributed by atoms with Crippen molar-refractivity contribution >= 4 is 17.3 Å². The maximum atomic E-state index is 10.6. The van der Waals surface area contributed by atoms with Crippen LogP contribution in [0.4, 0.5) is 0 Å². The fourth-order valence-corrected chi connectivity index (χ4v) is 1.38. The highest BCUT2D eigenvalue weighted by Gasteiger charge is 2.14. The first kappa shape index (κ1) is 8.69. The van der Waals surface area contributed by atoms with Gasteiger partial charge in [0.2, 0.25) is 0 Å². The lowest BCUT2D eigenvalue weighted by molar-refractivity contribution is -0.129. The molecule has 0 radical (unpaired) electrons. The third-order valence-electron chi connectivity index (χ3n) is 2.09. The Bertz CT molecular complexity index is 418. The van der Waals surface area contributed by atoms with Crippen LogP contribution in [0.2, 0.25) is 0 Å². The van der Waals surface area contributed by atoms with Gasteiger partial charge in [-0.2, -0.15) is 0 Å². The lowest BCUT2D eigenvalue weighted by Crippen LogP contribution is -2.07. The maximum Gasteiger partial charge on any atom is 0.354 e. The van der Waals surface area contributed by atoms with Crippen LogP contribution in [0, 0.1) is 0 Å². The van der Waals surface area contributed by atoms with Gasteiger partial charge in [0, 0.05) is 0 Å². The molecular weight excluding hydrogens is 178 g/mol. The van der Waals surface area contributed by atoms with E-state index in [1.54, 1.807) is 6.08 Å². The summed E-state index contributed by atoms with van der Waals surface area (Å²) in [4.78, 5) is 14.5. The van der Waals surface area contributed by atoms with Crippen molar-refractivity contribution in [3.63, 3.8) is 0 Å². The summed E-state index contributed by atoms with van der Waals surface area (Å²) in [5.74, 6) is -0.962. The minimum Gasteiger partial charge on any atom is -0.477 e. The second kappa shape index (κ2) is 3.46. The number of carbonyl (C=O) groups is 1. The van der Waals surface area contributed by atoms with Gasteiger partial charge in [0.1, 0.15) is 5.71 Å². The SMILES string of the molecule is O=C(O)C1=NCC(c2ccccc2)=C1. The van der Waals surface area contributed by atoms with Crippen molar-refractivity contribution in [3.8, 4) is 0 Å². The van der Waals surface area contributed by atoms with E-state index in [0.717, 1.165) is 11.1 Å². The zero-order valence-corrected chi connectivity index (χ0v) is 7.47. The van der Waals surface area contributed by atoms with E-state index >= 15 is 0 Å². The maximum absolute atomic E-state index is 10.6. The molecule has 1 aromatic carbocycles. The van der Waals surface area contributed by atoms with Gasteiger partial charge in [-0.15, -0.1) is 0 Å². The molecule has 0 saturated heterocycles. The first-order valence-electron chi connectivity index (χ1n) is 4.31. The molecule has 0 aromatic heterocycles. The second-order valence-electron chi connectivity index (χ2n) is 3.04. The Labute approximate surface area is 81.4 Å². The number of benzene rings is 1. The molecule has 70 valence electrons. The van der Waals surface area contributed by atoms with Gasteiger partial charge < -0.3 is 5.11 Å². The first-order valence-corrected chi connectivity index (χ1v) is 4.31. The van der Waals surface area contributed by atoms with Crippen LogP contribution in [0.3, 0.4) is 0 Å². The monoisotopic (exact) mass is 187 g/mol. The molecule has 3 nitrogen and oxygen atoms in total. The summed E-state index contributed by atoms with van der Waals surface area (Å²) in [5.41, 5.74) is 2.14. The van der Waals surface area contributed by atoms with E-state index < -0.39 is 5.97 Å². The molecule has 1 heterocycles. The Morgan fingerprint density at radius 1 is 1.29 bits per heavy atom. The van der Waals surface area contributed by atoms with Crippen LogP contribution in [0.5, 0.6) is 0 Å². The van der Waals surface area contributed by atoms with Gasteiger partial charge in [-0.1, -0.05) is 30.3 Å². The molecule has 1 aliphatic rings. The molecule has 0 aliphatic carbocycles. The zero-order valence-electron chi connectivity index (χ0n) is 7.47. The fourth-order valence-electron chi connectivity index (χ4n) is 1.38. The van der Waals surface area contributed by atoms with Gasteiger partial charge in [-0.25, -0.2) is 4.79 Å². The summed E-state index contributed by atoms with van der Waals surface area (Å²) in [5, 5.41) is 8.70. The molecule has 1 aliphatic heterocycles. The van der Waals surface area contributed by atoms with Crippen LogP contribution in [0.1, 0.15) is 5.56 Å². The largest absolute Gasteiger partial charge is 0.477 e. The standard InChI is InChI=1S/C11H9NO2/c13-11(14)10-6-9(7-12-10)8-4-2-1-3-5-8/h1-6H,7H2,(H,13,14). The molecule has 0 unspecified atom stereocenters. The lowest BCUT2D eigenvalue weighted by Gasteiger charge is -1.98. The van der Waals surface area contributed by atoms with E-state index in [1.807, 2.05) is 30.3 Å². The van der Waals surface area contributed by atoms with Crippen LogP contribution in [-0.4, -0.2) is 23.3 Å². The average molecular weight is 187 g/mol. The Morgan fingerprint density at radius 3 is 2.57 bits per heavy atom. The van der Waals surface area contributed by atoms with E-state index in [0.29, 0.717) is 6.54 Å². The molecule has 0 bridgehead atoms. The molecule has 2 rings (SSSR count).